The van der Waals surface area contributed by atoms with E-state index in [9.17, 15) is 9.59 Å². The van der Waals surface area contributed by atoms with E-state index in [2.05, 4.69) is 5.32 Å². The monoisotopic (exact) mass is 290 g/mol. The van der Waals surface area contributed by atoms with E-state index in [-0.39, 0.29) is 17.9 Å². The van der Waals surface area contributed by atoms with E-state index < -0.39 is 0 Å². The first-order valence-corrected chi connectivity index (χ1v) is 7.36. The zero-order chi connectivity index (χ0) is 15.2. The van der Waals surface area contributed by atoms with Crippen LogP contribution in [0.2, 0.25) is 0 Å². The highest BCUT2D eigenvalue weighted by atomic mass is 16.5. The Morgan fingerprint density at radius 2 is 2.05 bits per heavy atom. The average molecular weight is 290 g/mol. The van der Waals surface area contributed by atoms with Gasteiger partial charge < -0.3 is 15.0 Å². The van der Waals surface area contributed by atoms with E-state index in [0.717, 1.165) is 12.8 Å². The number of nitrogens with zero attached hydrogens (tertiary/aromatic N) is 1. The summed E-state index contributed by atoms with van der Waals surface area (Å²) in [5, 5.41) is 2.99. The number of carbonyl (C=O) groups is 2. The number of amides is 2. The number of methoxy groups -OCH3 is 1. The molecule has 0 atom stereocenters. The highest BCUT2D eigenvalue weighted by Gasteiger charge is 2.24. The highest BCUT2D eigenvalue weighted by Crippen LogP contribution is 2.17. The van der Waals surface area contributed by atoms with Crippen LogP contribution >= 0.6 is 0 Å². The lowest BCUT2D eigenvalue weighted by Gasteiger charge is -2.32. The van der Waals surface area contributed by atoms with Crippen LogP contribution in [0.15, 0.2) is 24.3 Å². The maximum Gasteiger partial charge on any atom is 0.253 e. The molecule has 1 aromatic carbocycles. The molecule has 0 aliphatic carbocycles. The van der Waals surface area contributed by atoms with Crippen LogP contribution in [0.1, 0.15) is 36.5 Å². The van der Waals surface area contributed by atoms with Gasteiger partial charge in [-0.15, -0.1) is 0 Å². The molecule has 114 valence electrons. The Bertz CT molecular complexity index is 508. The fraction of sp³-hybridized carbons (Fsp3) is 0.500. The fourth-order valence-electron chi connectivity index (χ4n) is 2.50. The Labute approximate surface area is 125 Å². The molecule has 1 N–H and O–H groups in total. The number of likely N-dealkylation sites (tertiary alicyclic amines) is 1. The summed E-state index contributed by atoms with van der Waals surface area (Å²) < 4.78 is 5.15. The van der Waals surface area contributed by atoms with Crippen molar-refractivity contribution in [2.24, 2.45) is 0 Å². The van der Waals surface area contributed by atoms with E-state index in [1.807, 2.05) is 24.0 Å². The molecule has 0 spiro atoms. The van der Waals surface area contributed by atoms with Gasteiger partial charge in [-0.3, -0.25) is 9.59 Å². The molecule has 1 saturated heterocycles. The number of ether oxygens (including phenoxy) is 1. The zero-order valence-electron chi connectivity index (χ0n) is 12.6. The summed E-state index contributed by atoms with van der Waals surface area (Å²) in [6, 6.07) is 7.39. The van der Waals surface area contributed by atoms with Gasteiger partial charge in [-0.1, -0.05) is 13.0 Å². The van der Waals surface area contributed by atoms with E-state index in [1.54, 1.807) is 19.2 Å². The molecule has 0 bridgehead atoms. The Balaban J connectivity index is 1.92. The Morgan fingerprint density at radius 3 is 2.67 bits per heavy atom. The Morgan fingerprint density at radius 1 is 1.33 bits per heavy atom. The predicted octanol–water partition coefficient (Wildman–Crippen LogP) is 1.83. The van der Waals surface area contributed by atoms with Crippen LogP contribution in [0.3, 0.4) is 0 Å². The van der Waals surface area contributed by atoms with Gasteiger partial charge in [0.1, 0.15) is 5.75 Å². The van der Waals surface area contributed by atoms with Gasteiger partial charge in [0, 0.05) is 31.1 Å². The van der Waals surface area contributed by atoms with Crippen molar-refractivity contribution in [1.82, 2.24) is 10.2 Å². The topological polar surface area (TPSA) is 58.6 Å². The first kappa shape index (κ1) is 15.4. The van der Waals surface area contributed by atoms with Crippen LogP contribution in [0.25, 0.3) is 0 Å². The second-order valence-corrected chi connectivity index (χ2v) is 5.22. The molecule has 21 heavy (non-hydrogen) atoms. The van der Waals surface area contributed by atoms with Crippen molar-refractivity contribution in [3.8, 4) is 5.75 Å². The van der Waals surface area contributed by atoms with Gasteiger partial charge in [-0.25, -0.2) is 0 Å². The van der Waals surface area contributed by atoms with Crippen LogP contribution in [-0.2, 0) is 4.79 Å². The quantitative estimate of drug-likeness (QED) is 0.920. The SMILES string of the molecule is CCC(=O)NC1CCN(C(=O)c2cccc(OC)c2)CC1. The molecule has 1 aliphatic heterocycles. The lowest BCUT2D eigenvalue weighted by molar-refractivity contribution is -0.121. The van der Waals surface area contributed by atoms with Crippen LogP contribution in [0.5, 0.6) is 5.75 Å². The summed E-state index contributed by atoms with van der Waals surface area (Å²) in [7, 11) is 1.59. The molecule has 1 aliphatic rings. The lowest BCUT2D eigenvalue weighted by atomic mass is 10.0. The van der Waals surface area contributed by atoms with Crippen molar-refractivity contribution in [2.45, 2.75) is 32.2 Å². The van der Waals surface area contributed by atoms with Crippen molar-refractivity contribution < 1.29 is 14.3 Å². The van der Waals surface area contributed by atoms with Gasteiger partial charge in [0.05, 0.1) is 7.11 Å². The molecule has 1 heterocycles. The number of benzene rings is 1. The average Bonchev–Trinajstić information content (AvgIpc) is 2.54. The number of carbonyl (C=O) groups excluding carboxylic acids is 2. The van der Waals surface area contributed by atoms with Crippen molar-refractivity contribution >= 4 is 11.8 Å². The van der Waals surface area contributed by atoms with Crippen LogP contribution < -0.4 is 10.1 Å². The van der Waals surface area contributed by atoms with Gasteiger partial charge in [0.15, 0.2) is 0 Å². The number of rotatable bonds is 4. The maximum atomic E-state index is 12.4. The summed E-state index contributed by atoms with van der Waals surface area (Å²) in [6.07, 6.45) is 2.12. The third-order valence-electron chi connectivity index (χ3n) is 3.79. The molecule has 0 unspecified atom stereocenters. The first-order chi connectivity index (χ1) is 10.1. The van der Waals surface area contributed by atoms with Crippen molar-refractivity contribution in [3.05, 3.63) is 29.8 Å². The molecule has 0 radical (unpaired) electrons. The minimum atomic E-state index is 0.0224. The largest absolute Gasteiger partial charge is 0.497 e. The summed E-state index contributed by atoms with van der Waals surface area (Å²) in [5.41, 5.74) is 0.644. The van der Waals surface area contributed by atoms with Gasteiger partial charge in [-0.2, -0.15) is 0 Å². The molecule has 5 nitrogen and oxygen atoms in total. The normalized spacial score (nSPS) is 15.6. The van der Waals surface area contributed by atoms with Crippen molar-refractivity contribution in [2.75, 3.05) is 20.2 Å². The number of piperidine rings is 1. The lowest BCUT2D eigenvalue weighted by Crippen LogP contribution is -2.46. The van der Waals surface area contributed by atoms with Crippen molar-refractivity contribution in [1.29, 1.82) is 0 Å². The summed E-state index contributed by atoms with van der Waals surface area (Å²) in [5.74, 6) is 0.785. The number of hydrogen-bond donors (Lipinski definition) is 1. The van der Waals surface area contributed by atoms with Gasteiger partial charge in [-0.05, 0) is 31.0 Å². The maximum absolute atomic E-state index is 12.4. The molecule has 1 aromatic rings. The molecule has 1 fully saturated rings. The summed E-state index contributed by atoms with van der Waals surface area (Å²) in [6.45, 7) is 3.19. The standard InChI is InChI=1S/C16H22N2O3/c1-3-15(19)17-13-7-9-18(10-8-13)16(20)12-5-4-6-14(11-12)21-2/h4-6,11,13H,3,7-10H2,1-2H3,(H,17,19). The van der Waals surface area contributed by atoms with E-state index in [1.165, 1.54) is 0 Å². The highest BCUT2D eigenvalue weighted by molar-refractivity contribution is 5.94. The molecule has 0 saturated carbocycles. The second kappa shape index (κ2) is 7.11. The Hall–Kier alpha value is -2.04. The van der Waals surface area contributed by atoms with Gasteiger partial charge in [0.25, 0.3) is 5.91 Å². The summed E-state index contributed by atoms with van der Waals surface area (Å²) >= 11 is 0. The molecule has 2 amide bonds. The second-order valence-electron chi connectivity index (χ2n) is 5.22. The van der Waals surface area contributed by atoms with Gasteiger partial charge in [0.2, 0.25) is 5.91 Å². The summed E-state index contributed by atoms with van der Waals surface area (Å²) in [4.78, 5) is 25.7. The fourth-order valence-corrected chi connectivity index (χ4v) is 2.50. The Kier molecular flexibility index (Phi) is 5.20. The molecule has 2 rings (SSSR count). The molecular weight excluding hydrogens is 268 g/mol. The zero-order valence-corrected chi connectivity index (χ0v) is 12.6. The molecule has 5 heteroatoms. The van der Waals surface area contributed by atoms with E-state index >= 15 is 0 Å². The third-order valence-corrected chi connectivity index (χ3v) is 3.79. The van der Waals surface area contributed by atoms with Crippen molar-refractivity contribution in [3.63, 3.8) is 0 Å². The molecule has 0 aromatic heterocycles. The number of nitrogens with one attached hydrogen (secondary N) is 1. The minimum absolute atomic E-state index is 0.0224. The number of hydrogen-bond acceptors (Lipinski definition) is 3. The smallest absolute Gasteiger partial charge is 0.253 e. The van der Waals surface area contributed by atoms with Crippen LogP contribution in [-0.4, -0.2) is 43.0 Å². The third kappa shape index (κ3) is 3.97. The van der Waals surface area contributed by atoms with E-state index in [0.29, 0.717) is 30.8 Å². The van der Waals surface area contributed by atoms with E-state index in [4.69, 9.17) is 4.74 Å². The van der Waals surface area contributed by atoms with Crippen LogP contribution in [0, 0.1) is 0 Å². The molecular formula is C16H22N2O3. The minimum Gasteiger partial charge on any atom is -0.497 e. The van der Waals surface area contributed by atoms with Gasteiger partial charge >= 0.3 is 0 Å². The van der Waals surface area contributed by atoms with Crippen LogP contribution in [0.4, 0.5) is 0 Å². The first-order valence-electron chi connectivity index (χ1n) is 7.36. The predicted molar refractivity (Wildman–Crippen MR) is 80.4 cm³/mol.